The minimum Gasteiger partial charge on any atom is -0.331 e. The highest BCUT2D eigenvalue weighted by atomic mass is 19.4. The summed E-state index contributed by atoms with van der Waals surface area (Å²) < 4.78 is 52.1. The first-order valence-electron chi connectivity index (χ1n) is 8.35. The molecule has 144 valence electrons. The molecule has 2 rings (SSSR count). The second-order valence-electron chi connectivity index (χ2n) is 7.66. The molecule has 1 atom stereocenters. The molecular formula is C18H22F4N2O2. The van der Waals surface area contributed by atoms with E-state index >= 15 is 0 Å². The number of hydrogen-bond donors (Lipinski definition) is 1. The first-order chi connectivity index (χ1) is 11.9. The first-order valence-corrected chi connectivity index (χ1v) is 8.35. The van der Waals surface area contributed by atoms with Crippen molar-refractivity contribution in [2.24, 2.45) is 5.41 Å². The fourth-order valence-electron chi connectivity index (χ4n) is 2.91. The van der Waals surface area contributed by atoms with Gasteiger partial charge in [0.15, 0.2) is 0 Å². The lowest BCUT2D eigenvalue weighted by Gasteiger charge is -2.27. The van der Waals surface area contributed by atoms with E-state index in [0.29, 0.717) is 37.6 Å². The zero-order valence-corrected chi connectivity index (χ0v) is 14.9. The number of anilines is 1. The molecule has 0 aliphatic carbocycles. The molecule has 0 radical (unpaired) electrons. The van der Waals surface area contributed by atoms with Crippen LogP contribution in [-0.2, 0) is 15.8 Å². The number of benzene rings is 1. The highest BCUT2D eigenvalue weighted by Crippen LogP contribution is 2.32. The van der Waals surface area contributed by atoms with Gasteiger partial charge in [0.1, 0.15) is 11.9 Å². The Balaban J connectivity index is 2.15. The van der Waals surface area contributed by atoms with Crippen LogP contribution in [0.5, 0.6) is 0 Å². The van der Waals surface area contributed by atoms with Crippen molar-refractivity contribution < 1.29 is 27.2 Å². The van der Waals surface area contributed by atoms with Gasteiger partial charge < -0.3 is 10.2 Å². The highest BCUT2D eigenvalue weighted by Gasteiger charge is 2.36. The quantitative estimate of drug-likeness (QED) is 0.806. The molecule has 1 aliphatic heterocycles. The van der Waals surface area contributed by atoms with Crippen molar-refractivity contribution in [3.8, 4) is 0 Å². The van der Waals surface area contributed by atoms with Crippen molar-refractivity contribution in [1.29, 1.82) is 0 Å². The number of alkyl halides is 3. The fourth-order valence-corrected chi connectivity index (χ4v) is 2.91. The van der Waals surface area contributed by atoms with E-state index in [0.717, 1.165) is 0 Å². The molecule has 1 unspecified atom stereocenters. The van der Waals surface area contributed by atoms with Crippen molar-refractivity contribution in [3.63, 3.8) is 0 Å². The summed E-state index contributed by atoms with van der Waals surface area (Å²) in [7, 11) is 0. The second-order valence-corrected chi connectivity index (χ2v) is 7.66. The molecule has 1 N–H and O–H groups in total. The number of nitrogens with one attached hydrogen (secondary N) is 1. The number of rotatable bonds is 3. The molecule has 1 saturated heterocycles. The molecule has 1 aromatic carbocycles. The topological polar surface area (TPSA) is 49.4 Å². The predicted molar refractivity (Wildman–Crippen MR) is 88.8 cm³/mol. The smallest absolute Gasteiger partial charge is 0.331 e. The van der Waals surface area contributed by atoms with Crippen LogP contribution in [0.25, 0.3) is 0 Å². The Hall–Kier alpha value is -2.12. The Kier molecular flexibility index (Phi) is 5.63. The molecule has 8 heteroatoms. The molecule has 0 bridgehead atoms. The Bertz CT molecular complexity index is 695. The van der Waals surface area contributed by atoms with Gasteiger partial charge in [-0.15, -0.1) is 0 Å². The van der Waals surface area contributed by atoms with Gasteiger partial charge in [-0.25, -0.2) is 4.39 Å². The number of halogens is 4. The van der Waals surface area contributed by atoms with E-state index in [-0.39, 0.29) is 17.7 Å². The van der Waals surface area contributed by atoms with Gasteiger partial charge in [0.2, 0.25) is 11.8 Å². The first kappa shape index (κ1) is 20.2. The summed E-state index contributed by atoms with van der Waals surface area (Å²) in [6, 6.07) is 1.03. The summed E-state index contributed by atoms with van der Waals surface area (Å²) in [6.07, 6.45) is -3.40. The molecule has 1 aliphatic rings. The second kappa shape index (κ2) is 7.25. The van der Waals surface area contributed by atoms with Gasteiger partial charge >= 0.3 is 6.18 Å². The maximum atomic E-state index is 13.8. The van der Waals surface area contributed by atoms with Gasteiger partial charge in [-0.3, -0.25) is 9.59 Å². The predicted octanol–water partition coefficient (Wildman–Crippen LogP) is 4.21. The molecule has 0 aromatic heterocycles. The summed E-state index contributed by atoms with van der Waals surface area (Å²) in [6.45, 7) is 6.09. The summed E-state index contributed by atoms with van der Waals surface area (Å²) in [5, 5.41) is 2.20. The minimum absolute atomic E-state index is 0.195. The van der Waals surface area contributed by atoms with Crippen LogP contribution in [0.4, 0.5) is 23.2 Å². The number of amides is 2. The van der Waals surface area contributed by atoms with E-state index in [1.54, 1.807) is 0 Å². The largest absolute Gasteiger partial charge is 0.416 e. The van der Waals surface area contributed by atoms with Crippen molar-refractivity contribution in [1.82, 2.24) is 4.90 Å². The molecule has 1 aromatic rings. The monoisotopic (exact) mass is 374 g/mol. The van der Waals surface area contributed by atoms with Crippen molar-refractivity contribution in [2.45, 2.75) is 52.3 Å². The zero-order chi connectivity index (χ0) is 19.7. The fraction of sp³-hybridized carbons (Fsp3) is 0.556. The van der Waals surface area contributed by atoms with Crippen LogP contribution < -0.4 is 5.32 Å². The van der Waals surface area contributed by atoms with Gasteiger partial charge in [-0.2, -0.15) is 13.2 Å². The van der Waals surface area contributed by atoms with Gasteiger partial charge in [0.25, 0.3) is 0 Å². The average molecular weight is 374 g/mol. The number of hydrogen-bond acceptors (Lipinski definition) is 2. The number of carbonyl (C=O) groups excluding carboxylic acids is 2. The Labute approximate surface area is 149 Å². The third-order valence-corrected chi connectivity index (χ3v) is 4.11. The third-order valence-electron chi connectivity index (χ3n) is 4.11. The molecule has 1 fully saturated rings. The van der Waals surface area contributed by atoms with Crippen LogP contribution in [0.1, 0.15) is 45.6 Å². The molecule has 0 spiro atoms. The average Bonchev–Trinajstić information content (AvgIpc) is 2.96. The standard InChI is InChI=1S/C18H22F4N2O2/c1-17(2,3)10-15(25)24-8-4-5-14(24)16(26)23-13-9-11(18(20,21)22)6-7-12(13)19/h6-7,9,14H,4-5,8,10H2,1-3H3,(H,23,26). The lowest BCUT2D eigenvalue weighted by atomic mass is 9.91. The van der Waals surface area contributed by atoms with E-state index in [9.17, 15) is 27.2 Å². The van der Waals surface area contributed by atoms with Gasteiger partial charge in [0.05, 0.1) is 11.3 Å². The van der Waals surface area contributed by atoms with E-state index in [1.807, 2.05) is 20.8 Å². The third kappa shape index (κ3) is 4.95. The number of likely N-dealkylation sites (tertiary alicyclic amines) is 1. The molecule has 0 saturated carbocycles. The summed E-state index contributed by atoms with van der Waals surface area (Å²) in [5.74, 6) is -1.83. The van der Waals surface area contributed by atoms with Crippen LogP contribution in [0.15, 0.2) is 18.2 Å². The summed E-state index contributed by atoms with van der Waals surface area (Å²) in [4.78, 5) is 26.3. The van der Waals surface area contributed by atoms with Crippen LogP contribution in [0.3, 0.4) is 0 Å². The molecule has 1 heterocycles. The van der Waals surface area contributed by atoms with Gasteiger partial charge in [0, 0.05) is 13.0 Å². The lowest BCUT2D eigenvalue weighted by molar-refractivity contribution is -0.138. The molecular weight excluding hydrogens is 352 g/mol. The Morgan fingerprint density at radius 3 is 2.46 bits per heavy atom. The van der Waals surface area contributed by atoms with E-state index in [1.165, 1.54) is 4.90 Å². The SMILES string of the molecule is CC(C)(C)CC(=O)N1CCCC1C(=O)Nc1cc(C(F)(F)F)ccc1F. The molecule has 2 amide bonds. The zero-order valence-electron chi connectivity index (χ0n) is 14.9. The minimum atomic E-state index is -4.64. The summed E-state index contributed by atoms with van der Waals surface area (Å²) >= 11 is 0. The maximum absolute atomic E-state index is 13.8. The van der Waals surface area contributed by atoms with Crippen LogP contribution >= 0.6 is 0 Å². The van der Waals surface area contributed by atoms with Crippen LogP contribution in [-0.4, -0.2) is 29.3 Å². The van der Waals surface area contributed by atoms with E-state index in [4.69, 9.17) is 0 Å². The highest BCUT2D eigenvalue weighted by molar-refractivity contribution is 5.97. The Morgan fingerprint density at radius 1 is 1.23 bits per heavy atom. The molecule has 4 nitrogen and oxygen atoms in total. The van der Waals surface area contributed by atoms with Gasteiger partial charge in [-0.05, 0) is 36.5 Å². The van der Waals surface area contributed by atoms with Crippen molar-refractivity contribution in [2.75, 3.05) is 11.9 Å². The van der Waals surface area contributed by atoms with Gasteiger partial charge in [-0.1, -0.05) is 20.8 Å². The van der Waals surface area contributed by atoms with E-state index < -0.39 is 35.2 Å². The normalized spacial score (nSPS) is 18.1. The number of carbonyl (C=O) groups is 2. The van der Waals surface area contributed by atoms with E-state index in [2.05, 4.69) is 5.32 Å². The molecule has 26 heavy (non-hydrogen) atoms. The lowest BCUT2D eigenvalue weighted by Crippen LogP contribution is -2.44. The Morgan fingerprint density at radius 2 is 1.88 bits per heavy atom. The maximum Gasteiger partial charge on any atom is 0.416 e. The van der Waals surface area contributed by atoms with Crippen LogP contribution in [0, 0.1) is 11.2 Å². The number of nitrogens with zero attached hydrogens (tertiary/aromatic N) is 1. The van der Waals surface area contributed by atoms with Crippen molar-refractivity contribution in [3.05, 3.63) is 29.6 Å². The van der Waals surface area contributed by atoms with Crippen molar-refractivity contribution >= 4 is 17.5 Å². The van der Waals surface area contributed by atoms with Crippen LogP contribution in [0.2, 0.25) is 0 Å². The summed E-state index contributed by atoms with van der Waals surface area (Å²) in [5.41, 5.74) is -1.85.